The second kappa shape index (κ2) is 7.98. The summed E-state index contributed by atoms with van der Waals surface area (Å²) in [6, 6.07) is 0. The summed E-state index contributed by atoms with van der Waals surface area (Å²) in [7, 11) is 2.90. The van der Waals surface area contributed by atoms with Crippen LogP contribution in [0.3, 0.4) is 0 Å². The van der Waals surface area contributed by atoms with Crippen LogP contribution >= 0.6 is 0 Å². The first-order valence-electron chi connectivity index (χ1n) is 8.40. The minimum atomic E-state index is -0.279. The SMILES string of the molecule is COC(=O)C(C)(C)C1CC2CCC1CC2.COC(=O)C(C)C. The molecule has 0 aromatic heterocycles. The van der Waals surface area contributed by atoms with Crippen molar-refractivity contribution in [1.82, 2.24) is 0 Å². The molecule has 3 aliphatic carbocycles. The van der Waals surface area contributed by atoms with Crippen LogP contribution in [0, 0.1) is 29.1 Å². The molecule has 4 nitrogen and oxygen atoms in total. The first kappa shape index (κ1) is 19.0. The molecule has 0 heterocycles. The van der Waals surface area contributed by atoms with Crippen molar-refractivity contribution in [1.29, 1.82) is 0 Å². The van der Waals surface area contributed by atoms with E-state index >= 15 is 0 Å². The van der Waals surface area contributed by atoms with E-state index in [9.17, 15) is 9.59 Å². The molecule has 2 bridgehead atoms. The predicted molar refractivity (Wildman–Crippen MR) is 86.2 cm³/mol. The van der Waals surface area contributed by atoms with Gasteiger partial charge in [0.2, 0.25) is 0 Å². The van der Waals surface area contributed by atoms with Crippen molar-refractivity contribution >= 4 is 11.9 Å². The van der Waals surface area contributed by atoms with E-state index < -0.39 is 0 Å². The molecule has 0 aromatic rings. The van der Waals surface area contributed by atoms with E-state index in [4.69, 9.17) is 4.74 Å². The molecule has 1 atom stereocenters. The molecular formula is C18H32O4. The Hall–Kier alpha value is -1.06. The van der Waals surface area contributed by atoms with Gasteiger partial charge in [0.05, 0.1) is 25.6 Å². The maximum absolute atomic E-state index is 11.8. The minimum absolute atomic E-state index is 0.00463. The Morgan fingerprint density at radius 2 is 1.55 bits per heavy atom. The first-order valence-corrected chi connectivity index (χ1v) is 8.40. The van der Waals surface area contributed by atoms with Crippen LogP contribution in [0.5, 0.6) is 0 Å². The molecule has 0 aromatic carbocycles. The van der Waals surface area contributed by atoms with E-state index in [1.807, 2.05) is 0 Å². The lowest BCUT2D eigenvalue weighted by Crippen LogP contribution is -2.44. The number of ether oxygens (including phenoxy) is 2. The van der Waals surface area contributed by atoms with Gasteiger partial charge in [-0.15, -0.1) is 0 Å². The number of hydrogen-bond donors (Lipinski definition) is 0. The average Bonchev–Trinajstić information content (AvgIpc) is 2.54. The summed E-state index contributed by atoms with van der Waals surface area (Å²) < 4.78 is 9.31. The molecule has 4 heteroatoms. The Balaban J connectivity index is 0.000000295. The topological polar surface area (TPSA) is 52.6 Å². The number of esters is 2. The number of carbonyl (C=O) groups excluding carboxylic acids is 2. The monoisotopic (exact) mass is 312 g/mol. The molecule has 3 saturated carbocycles. The zero-order chi connectivity index (χ0) is 16.9. The second-order valence-electron chi connectivity index (χ2n) is 7.51. The Labute approximate surface area is 134 Å². The molecule has 0 spiro atoms. The van der Waals surface area contributed by atoms with Crippen LogP contribution in [0.25, 0.3) is 0 Å². The maximum atomic E-state index is 11.8. The quantitative estimate of drug-likeness (QED) is 0.743. The average molecular weight is 312 g/mol. The Morgan fingerprint density at radius 1 is 1.00 bits per heavy atom. The van der Waals surface area contributed by atoms with Gasteiger partial charge in [-0.3, -0.25) is 9.59 Å². The molecule has 0 N–H and O–H groups in total. The van der Waals surface area contributed by atoms with E-state index in [1.165, 1.54) is 46.3 Å². The maximum Gasteiger partial charge on any atom is 0.311 e. The van der Waals surface area contributed by atoms with Crippen molar-refractivity contribution in [3.8, 4) is 0 Å². The Morgan fingerprint density at radius 3 is 1.82 bits per heavy atom. The normalized spacial score (nSPS) is 27.0. The molecule has 0 amide bonds. The molecule has 3 rings (SSSR count). The highest BCUT2D eigenvalue weighted by atomic mass is 16.5. The minimum Gasteiger partial charge on any atom is -0.469 e. The fraction of sp³-hybridized carbons (Fsp3) is 0.889. The van der Waals surface area contributed by atoms with E-state index in [0.717, 1.165) is 11.8 Å². The zero-order valence-electron chi connectivity index (χ0n) is 15.0. The van der Waals surface area contributed by atoms with Gasteiger partial charge in [0.1, 0.15) is 0 Å². The predicted octanol–water partition coefficient (Wildman–Crippen LogP) is 3.83. The van der Waals surface area contributed by atoms with E-state index in [0.29, 0.717) is 5.92 Å². The van der Waals surface area contributed by atoms with Gasteiger partial charge in [0, 0.05) is 0 Å². The number of rotatable bonds is 3. The molecule has 0 aliphatic heterocycles. The van der Waals surface area contributed by atoms with E-state index in [2.05, 4.69) is 18.6 Å². The van der Waals surface area contributed by atoms with Gasteiger partial charge in [0.15, 0.2) is 0 Å². The van der Waals surface area contributed by atoms with Crippen LogP contribution in [0.4, 0.5) is 0 Å². The molecule has 22 heavy (non-hydrogen) atoms. The van der Waals surface area contributed by atoms with Gasteiger partial charge >= 0.3 is 11.9 Å². The van der Waals surface area contributed by atoms with Gasteiger partial charge in [0.25, 0.3) is 0 Å². The molecular weight excluding hydrogens is 280 g/mol. The first-order chi connectivity index (χ1) is 10.2. The van der Waals surface area contributed by atoms with Crippen LogP contribution in [0.2, 0.25) is 0 Å². The molecule has 3 aliphatic rings. The lowest BCUT2D eigenvalue weighted by Gasteiger charge is -2.48. The summed E-state index contributed by atoms with van der Waals surface area (Å²) in [5, 5.41) is 0. The van der Waals surface area contributed by atoms with Crippen LogP contribution in [-0.2, 0) is 19.1 Å². The smallest absolute Gasteiger partial charge is 0.311 e. The van der Waals surface area contributed by atoms with Gasteiger partial charge in [-0.1, -0.05) is 26.7 Å². The van der Waals surface area contributed by atoms with Crippen molar-refractivity contribution in [2.75, 3.05) is 14.2 Å². The fourth-order valence-electron chi connectivity index (χ4n) is 3.91. The van der Waals surface area contributed by atoms with E-state index in [-0.39, 0.29) is 23.3 Å². The van der Waals surface area contributed by atoms with Crippen molar-refractivity contribution in [2.45, 2.75) is 59.8 Å². The highest BCUT2D eigenvalue weighted by Crippen LogP contribution is 2.51. The number of hydrogen-bond acceptors (Lipinski definition) is 4. The van der Waals surface area contributed by atoms with Crippen LogP contribution in [0.15, 0.2) is 0 Å². The molecule has 1 unspecified atom stereocenters. The molecule has 128 valence electrons. The lowest BCUT2D eigenvalue weighted by atomic mass is 9.57. The van der Waals surface area contributed by atoms with Crippen molar-refractivity contribution < 1.29 is 19.1 Å². The van der Waals surface area contributed by atoms with Crippen LogP contribution in [0.1, 0.15) is 59.8 Å². The molecule has 0 radical (unpaired) electrons. The zero-order valence-corrected chi connectivity index (χ0v) is 15.0. The third-order valence-corrected chi connectivity index (χ3v) is 5.36. The van der Waals surface area contributed by atoms with Gasteiger partial charge in [-0.2, -0.15) is 0 Å². The summed E-state index contributed by atoms with van der Waals surface area (Å²) in [6.07, 6.45) is 6.68. The Kier molecular flexibility index (Phi) is 6.89. The van der Waals surface area contributed by atoms with Gasteiger partial charge < -0.3 is 9.47 Å². The second-order valence-corrected chi connectivity index (χ2v) is 7.51. The highest BCUT2D eigenvalue weighted by Gasteiger charge is 2.47. The lowest BCUT2D eigenvalue weighted by molar-refractivity contribution is -0.158. The summed E-state index contributed by atoms with van der Waals surface area (Å²) in [5.74, 6) is 2.02. The Bertz CT molecular complexity index is 379. The fourth-order valence-corrected chi connectivity index (χ4v) is 3.91. The molecule has 0 saturated heterocycles. The van der Waals surface area contributed by atoms with Gasteiger partial charge in [-0.05, 0) is 50.9 Å². The third kappa shape index (κ3) is 4.47. The summed E-state index contributed by atoms with van der Waals surface area (Å²) in [6.45, 7) is 7.71. The van der Waals surface area contributed by atoms with Crippen molar-refractivity contribution in [2.24, 2.45) is 29.1 Å². The largest absolute Gasteiger partial charge is 0.469 e. The van der Waals surface area contributed by atoms with Crippen LogP contribution in [-0.4, -0.2) is 26.2 Å². The summed E-state index contributed by atoms with van der Waals surface area (Å²) in [4.78, 5) is 22.1. The van der Waals surface area contributed by atoms with E-state index in [1.54, 1.807) is 13.8 Å². The number of methoxy groups -OCH3 is 2. The molecule has 3 fully saturated rings. The van der Waals surface area contributed by atoms with Gasteiger partial charge in [-0.25, -0.2) is 0 Å². The summed E-state index contributed by atoms with van der Waals surface area (Å²) >= 11 is 0. The number of carbonyl (C=O) groups is 2. The van der Waals surface area contributed by atoms with Crippen LogP contribution < -0.4 is 0 Å². The number of fused-ring (bicyclic) bond motifs is 3. The third-order valence-electron chi connectivity index (χ3n) is 5.36. The highest BCUT2D eigenvalue weighted by molar-refractivity contribution is 5.76. The standard InChI is InChI=1S/C13H22O2.C5H10O2/c1-13(2,12(14)15-3)11-8-9-4-6-10(11)7-5-9;1-4(2)5(6)7-3/h9-11H,4-8H2,1-3H3;4H,1-3H3. The van der Waals surface area contributed by atoms with Crippen molar-refractivity contribution in [3.63, 3.8) is 0 Å². The van der Waals surface area contributed by atoms with Crippen molar-refractivity contribution in [3.05, 3.63) is 0 Å². The summed E-state index contributed by atoms with van der Waals surface area (Å²) in [5.41, 5.74) is -0.279.